The average molecular weight is 562 g/mol. The van der Waals surface area contributed by atoms with E-state index in [2.05, 4.69) is 35.1 Å². The monoisotopic (exact) mass is 560 g/mol. The SMILES string of the molecule is CCOC(=O)c1c(-c2cnn(C3CCCCO3)c2)c2ccc(Cl)c(Cl)c2n1-c1cn(C[Si](C)(C)C)nn1. The van der Waals surface area contributed by atoms with Gasteiger partial charge < -0.3 is 9.47 Å². The first-order valence-corrected chi connectivity index (χ1v) is 16.9. The molecule has 1 aliphatic heterocycles. The van der Waals surface area contributed by atoms with Gasteiger partial charge in [0.25, 0.3) is 0 Å². The van der Waals surface area contributed by atoms with Crippen LogP contribution in [0.25, 0.3) is 27.8 Å². The van der Waals surface area contributed by atoms with E-state index in [-0.39, 0.29) is 12.8 Å². The molecule has 0 spiro atoms. The van der Waals surface area contributed by atoms with Crippen molar-refractivity contribution in [2.75, 3.05) is 13.2 Å². The van der Waals surface area contributed by atoms with E-state index in [1.807, 2.05) is 27.8 Å². The fourth-order valence-corrected chi connectivity index (χ4v) is 6.26. The number of benzene rings is 1. The Kier molecular flexibility index (Phi) is 7.19. The summed E-state index contributed by atoms with van der Waals surface area (Å²) < 4.78 is 16.8. The van der Waals surface area contributed by atoms with Crippen molar-refractivity contribution in [3.8, 4) is 16.9 Å². The maximum Gasteiger partial charge on any atom is 0.356 e. The quantitative estimate of drug-likeness (QED) is 0.199. The molecular formula is C25H30Cl2N6O3Si. The molecule has 37 heavy (non-hydrogen) atoms. The normalized spacial score (nSPS) is 16.4. The number of hydrogen-bond acceptors (Lipinski definition) is 6. The van der Waals surface area contributed by atoms with Gasteiger partial charge in [0.05, 0.1) is 42.6 Å². The van der Waals surface area contributed by atoms with Crippen molar-refractivity contribution in [2.45, 2.75) is 58.2 Å². The molecule has 0 amide bonds. The maximum absolute atomic E-state index is 13.5. The fourth-order valence-electron chi connectivity index (χ4n) is 4.74. The predicted molar refractivity (Wildman–Crippen MR) is 146 cm³/mol. The van der Waals surface area contributed by atoms with E-state index in [0.29, 0.717) is 39.2 Å². The second-order valence-electron chi connectivity index (χ2n) is 10.4. The molecule has 1 fully saturated rings. The van der Waals surface area contributed by atoms with Crippen molar-refractivity contribution < 1.29 is 14.3 Å². The first-order chi connectivity index (χ1) is 17.7. The lowest BCUT2D eigenvalue weighted by atomic mass is 10.1. The average Bonchev–Trinajstić information content (AvgIpc) is 3.58. The lowest BCUT2D eigenvalue weighted by Crippen LogP contribution is -2.28. The molecule has 3 aromatic heterocycles. The Morgan fingerprint density at radius 1 is 1.22 bits per heavy atom. The maximum atomic E-state index is 13.5. The molecule has 1 atom stereocenters. The van der Waals surface area contributed by atoms with Crippen LogP contribution in [0.1, 0.15) is 42.9 Å². The molecule has 0 aliphatic carbocycles. The van der Waals surface area contributed by atoms with Gasteiger partial charge in [-0.3, -0.25) is 9.25 Å². The van der Waals surface area contributed by atoms with Crippen molar-refractivity contribution in [2.24, 2.45) is 0 Å². The smallest absolute Gasteiger partial charge is 0.356 e. The molecule has 0 bridgehead atoms. The van der Waals surface area contributed by atoms with Gasteiger partial charge in [-0.1, -0.05) is 54.1 Å². The van der Waals surface area contributed by atoms with E-state index in [4.69, 9.17) is 32.7 Å². The number of fused-ring (bicyclic) bond motifs is 1. The minimum absolute atomic E-state index is 0.138. The van der Waals surface area contributed by atoms with E-state index < -0.39 is 14.0 Å². The van der Waals surface area contributed by atoms with Crippen molar-refractivity contribution >= 4 is 48.1 Å². The first kappa shape index (κ1) is 26.0. The third-order valence-electron chi connectivity index (χ3n) is 6.22. The minimum atomic E-state index is -1.48. The van der Waals surface area contributed by atoms with Gasteiger partial charge in [-0.15, -0.1) is 5.10 Å². The topological polar surface area (TPSA) is 89.0 Å². The van der Waals surface area contributed by atoms with E-state index in [1.54, 1.807) is 23.8 Å². The van der Waals surface area contributed by atoms with Crippen LogP contribution in [-0.2, 0) is 15.6 Å². The molecule has 0 radical (unpaired) electrons. The van der Waals surface area contributed by atoms with Crippen LogP contribution < -0.4 is 0 Å². The molecule has 4 aromatic rings. The van der Waals surface area contributed by atoms with Crippen LogP contribution in [0, 0.1) is 0 Å². The minimum Gasteiger partial charge on any atom is -0.461 e. The summed E-state index contributed by atoms with van der Waals surface area (Å²) in [5.74, 6) is -0.0352. The number of hydrogen-bond donors (Lipinski definition) is 0. The van der Waals surface area contributed by atoms with E-state index >= 15 is 0 Å². The number of halogens is 2. The van der Waals surface area contributed by atoms with Gasteiger partial charge in [-0.25, -0.2) is 9.48 Å². The summed E-state index contributed by atoms with van der Waals surface area (Å²) >= 11 is 13.2. The van der Waals surface area contributed by atoms with Crippen molar-refractivity contribution in [3.63, 3.8) is 0 Å². The zero-order valence-corrected chi connectivity index (χ0v) is 23.9. The van der Waals surface area contributed by atoms with E-state index in [0.717, 1.165) is 36.4 Å². The van der Waals surface area contributed by atoms with Crippen molar-refractivity contribution in [1.82, 2.24) is 29.3 Å². The van der Waals surface area contributed by atoms with Gasteiger partial charge in [0.2, 0.25) is 0 Å². The fraction of sp³-hybridized carbons (Fsp3) is 0.440. The molecule has 1 unspecified atom stereocenters. The van der Waals surface area contributed by atoms with E-state index in [1.165, 1.54) is 0 Å². The Morgan fingerprint density at radius 2 is 2.03 bits per heavy atom. The van der Waals surface area contributed by atoms with Crippen LogP contribution in [-0.4, -0.2) is 56.6 Å². The highest BCUT2D eigenvalue weighted by atomic mass is 35.5. The number of carbonyl (C=O) groups excluding carboxylic acids is 1. The number of carbonyl (C=O) groups is 1. The first-order valence-electron chi connectivity index (χ1n) is 12.4. The lowest BCUT2D eigenvalue weighted by Gasteiger charge is -2.22. The van der Waals surface area contributed by atoms with Crippen molar-refractivity contribution in [3.05, 3.63) is 46.5 Å². The number of esters is 1. The molecule has 12 heteroatoms. The van der Waals surface area contributed by atoms with Crippen LogP contribution in [0.2, 0.25) is 29.7 Å². The zero-order valence-electron chi connectivity index (χ0n) is 21.4. The molecule has 0 saturated carbocycles. The number of rotatable bonds is 7. The molecule has 4 heterocycles. The summed E-state index contributed by atoms with van der Waals surface area (Å²) in [7, 11) is -1.48. The predicted octanol–water partition coefficient (Wildman–Crippen LogP) is 6.15. The Hall–Kier alpha value is -2.66. The van der Waals surface area contributed by atoms with Crippen LogP contribution >= 0.6 is 23.2 Å². The van der Waals surface area contributed by atoms with Crippen LogP contribution in [0.5, 0.6) is 0 Å². The summed E-state index contributed by atoms with van der Waals surface area (Å²) in [6.07, 6.45) is 9.13. The second-order valence-corrected chi connectivity index (χ2v) is 16.6. The van der Waals surface area contributed by atoms with Gasteiger partial charge in [-0.05, 0) is 32.3 Å². The van der Waals surface area contributed by atoms with Gasteiger partial charge in [0, 0.05) is 35.5 Å². The third kappa shape index (κ3) is 5.07. The largest absolute Gasteiger partial charge is 0.461 e. The Balaban J connectivity index is 1.75. The van der Waals surface area contributed by atoms with Crippen LogP contribution in [0.15, 0.2) is 30.7 Å². The molecule has 1 aromatic carbocycles. The highest BCUT2D eigenvalue weighted by molar-refractivity contribution is 6.74. The summed E-state index contributed by atoms with van der Waals surface area (Å²) in [4.78, 5) is 13.5. The molecule has 1 saturated heterocycles. The Labute approximate surface area is 226 Å². The highest BCUT2D eigenvalue weighted by Gasteiger charge is 2.30. The highest BCUT2D eigenvalue weighted by Crippen LogP contribution is 2.42. The summed E-state index contributed by atoms with van der Waals surface area (Å²) in [6.45, 7) is 9.46. The molecular weight excluding hydrogens is 531 g/mol. The Bertz CT molecular complexity index is 1450. The van der Waals surface area contributed by atoms with Gasteiger partial charge in [0.1, 0.15) is 11.9 Å². The summed E-state index contributed by atoms with van der Waals surface area (Å²) in [5, 5.41) is 14.8. The summed E-state index contributed by atoms with van der Waals surface area (Å²) in [5.41, 5.74) is 2.25. The third-order valence-corrected chi connectivity index (χ3v) is 8.29. The number of ether oxygens (including phenoxy) is 2. The standard InChI is InChI=1S/C25H30Cl2N6O3Si/c1-5-35-25(34)24-21(16-12-28-32(13-16)20-8-6-7-11-36-20)17-9-10-18(26)22(27)23(17)33(24)19-14-31(30-29-19)15-37(2,3)4/h9-10,12-14,20H,5-8,11,15H2,1-4H3. The number of nitrogens with zero attached hydrogens (tertiary/aromatic N) is 6. The number of aromatic nitrogens is 6. The Morgan fingerprint density at radius 3 is 2.73 bits per heavy atom. The van der Waals surface area contributed by atoms with Gasteiger partial charge in [0.15, 0.2) is 5.82 Å². The van der Waals surface area contributed by atoms with Gasteiger partial charge in [-0.2, -0.15) is 5.10 Å². The molecule has 1 aliphatic rings. The van der Waals surface area contributed by atoms with E-state index in [9.17, 15) is 4.79 Å². The summed E-state index contributed by atoms with van der Waals surface area (Å²) in [6, 6.07) is 3.59. The molecule has 9 nitrogen and oxygen atoms in total. The molecule has 0 N–H and O–H groups in total. The second kappa shape index (κ2) is 10.2. The molecule has 5 rings (SSSR count). The van der Waals surface area contributed by atoms with Crippen LogP contribution in [0.4, 0.5) is 0 Å². The lowest BCUT2D eigenvalue weighted by molar-refractivity contribution is -0.0394. The van der Waals surface area contributed by atoms with Gasteiger partial charge >= 0.3 is 5.97 Å². The zero-order chi connectivity index (χ0) is 26.3. The molecule has 196 valence electrons. The van der Waals surface area contributed by atoms with Crippen molar-refractivity contribution in [1.29, 1.82) is 0 Å². The van der Waals surface area contributed by atoms with Crippen LogP contribution in [0.3, 0.4) is 0 Å².